The molecule has 3 rings (SSSR count). The molecule has 1 aliphatic heterocycles. The average molecular weight is 315 g/mol. The number of hydrogen-bond donors (Lipinski definition) is 0. The number of carbonyl (C=O) groups is 1. The van der Waals surface area contributed by atoms with E-state index >= 15 is 0 Å². The Labute approximate surface area is 135 Å². The predicted octanol–water partition coefficient (Wildman–Crippen LogP) is 1.69. The molecule has 0 unspecified atom stereocenters. The monoisotopic (exact) mass is 315 g/mol. The molecule has 0 aliphatic carbocycles. The van der Waals surface area contributed by atoms with E-state index in [0.29, 0.717) is 31.2 Å². The lowest BCUT2D eigenvalue weighted by Gasteiger charge is -2.38. The molecule has 1 amide bonds. The van der Waals surface area contributed by atoms with Gasteiger partial charge >= 0.3 is 0 Å². The topological polar surface area (TPSA) is 73.1 Å². The average Bonchev–Trinajstić information content (AvgIpc) is 3.10. The third-order valence-corrected chi connectivity index (χ3v) is 4.24. The molecule has 122 valence electrons. The number of aromatic nitrogens is 4. The van der Waals surface area contributed by atoms with Gasteiger partial charge in [0.2, 0.25) is 0 Å². The molecule has 7 heteroatoms. The van der Waals surface area contributed by atoms with Crippen molar-refractivity contribution in [1.82, 2.24) is 24.6 Å². The number of nitrogens with zero attached hydrogens (tertiary/aromatic N) is 5. The quantitative estimate of drug-likeness (QED) is 0.858. The molecule has 1 saturated heterocycles. The minimum atomic E-state index is -0.123. The summed E-state index contributed by atoms with van der Waals surface area (Å²) >= 11 is 0. The van der Waals surface area contributed by atoms with E-state index in [4.69, 9.17) is 4.74 Å². The maximum absolute atomic E-state index is 12.5. The van der Waals surface area contributed by atoms with Crippen LogP contribution < -0.4 is 0 Å². The molecule has 1 fully saturated rings. The van der Waals surface area contributed by atoms with E-state index in [9.17, 15) is 4.79 Å². The van der Waals surface area contributed by atoms with Crippen LogP contribution in [0.1, 0.15) is 37.2 Å². The Hall–Kier alpha value is -2.28. The first kappa shape index (κ1) is 15.6. The van der Waals surface area contributed by atoms with Crippen LogP contribution in [-0.4, -0.2) is 55.9 Å². The van der Waals surface area contributed by atoms with Crippen LogP contribution in [0.4, 0.5) is 0 Å². The molecule has 1 aliphatic rings. The first-order valence-electron chi connectivity index (χ1n) is 7.86. The van der Waals surface area contributed by atoms with Gasteiger partial charge in [0, 0.05) is 32.1 Å². The molecule has 2 aromatic rings. The zero-order valence-corrected chi connectivity index (χ0v) is 13.5. The van der Waals surface area contributed by atoms with Crippen LogP contribution in [-0.2, 0) is 4.74 Å². The largest absolute Gasteiger partial charge is 0.375 e. The fraction of sp³-hybridized carbons (Fsp3) is 0.500. The molecular formula is C16H21N5O2. The Kier molecular flexibility index (Phi) is 4.38. The first-order valence-corrected chi connectivity index (χ1v) is 7.86. The molecular weight excluding hydrogens is 294 g/mol. The first-order chi connectivity index (χ1) is 11.1. The summed E-state index contributed by atoms with van der Waals surface area (Å²) < 4.78 is 7.53. The number of likely N-dealkylation sites (tertiary alicyclic amines) is 1. The van der Waals surface area contributed by atoms with Crippen LogP contribution in [0.3, 0.4) is 0 Å². The molecule has 23 heavy (non-hydrogen) atoms. The highest BCUT2D eigenvalue weighted by Crippen LogP contribution is 2.26. The summed E-state index contributed by atoms with van der Waals surface area (Å²) in [7, 11) is 0. The third-order valence-electron chi connectivity index (χ3n) is 4.24. The Morgan fingerprint density at radius 1 is 1.30 bits per heavy atom. The van der Waals surface area contributed by atoms with E-state index in [2.05, 4.69) is 22.1 Å². The zero-order chi connectivity index (χ0) is 16.3. The van der Waals surface area contributed by atoms with E-state index < -0.39 is 0 Å². The van der Waals surface area contributed by atoms with Crippen LogP contribution in [0, 0.1) is 0 Å². The maximum Gasteiger partial charge on any atom is 0.274 e. The standard InChI is InChI=1S/C16H21N5O2/c1-3-23-16(2)6-9-20(10-7-16)15(22)13-4-5-14(19-18-13)21-11-8-17-12-21/h4-5,8,11-12H,3,6-7,9-10H2,1-2H3. The van der Waals surface area contributed by atoms with E-state index in [1.165, 1.54) is 0 Å². The van der Waals surface area contributed by atoms with Crippen molar-refractivity contribution in [3.63, 3.8) is 0 Å². The number of ether oxygens (including phenoxy) is 1. The lowest BCUT2D eigenvalue weighted by atomic mass is 9.93. The van der Waals surface area contributed by atoms with Crippen LogP contribution in [0.5, 0.6) is 0 Å². The molecule has 0 spiro atoms. The van der Waals surface area contributed by atoms with Crippen molar-refractivity contribution in [1.29, 1.82) is 0 Å². The van der Waals surface area contributed by atoms with Gasteiger partial charge in [0.05, 0.1) is 5.60 Å². The third kappa shape index (κ3) is 3.39. The summed E-state index contributed by atoms with van der Waals surface area (Å²) in [5.74, 6) is 0.565. The minimum Gasteiger partial charge on any atom is -0.375 e. The van der Waals surface area contributed by atoms with Gasteiger partial charge in [-0.25, -0.2) is 4.98 Å². The second kappa shape index (κ2) is 6.45. The summed E-state index contributed by atoms with van der Waals surface area (Å²) in [5.41, 5.74) is 0.247. The van der Waals surface area contributed by atoms with Gasteiger partial charge in [-0.1, -0.05) is 0 Å². The SMILES string of the molecule is CCOC1(C)CCN(C(=O)c2ccc(-n3ccnc3)nn2)CC1. The van der Waals surface area contributed by atoms with Gasteiger partial charge in [0.25, 0.3) is 5.91 Å². The molecule has 0 N–H and O–H groups in total. The maximum atomic E-state index is 12.5. The number of rotatable bonds is 4. The summed E-state index contributed by atoms with van der Waals surface area (Å²) in [5, 5.41) is 8.16. The minimum absolute atomic E-state index is 0.0757. The molecule has 0 bridgehead atoms. The zero-order valence-electron chi connectivity index (χ0n) is 13.5. The second-order valence-corrected chi connectivity index (χ2v) is 5.92. The lowest BCUT2D eigenvalue weighted by molar-refractivity contribution is -0.0612. The van der Waals surface area contributed by atoms with E-state index in [1.54, 1.807) is 35.4 Å². The highest BCUT2D eigenvalue weighted by molar-refractivity contribution is 5.92. The van der Waals surface area contributed by atoms with Crippen LogP contribution in [0.25, 0.3) is 5.82 Å². The van der Waals surface area contributed by atoms with Crippen molar-refractivity contribution >= 4 is 5.91 Å². The normalized spacial score (nSPS) is 17.2. The molecule has 0 radical (unpaired) electrons. The molecule has 3 heterocycles. The number of hydrogen-bond acceptors (Lipinski definition) is 5. The Balaban J connectivity index is 1.65. The Morgan fingerprint density at radius 2 is 2.09 bits per heavy atom. The van der Waals surface area contributed by atoms with Gasteiger partial charge in [-0.05, 0) is 38.8 Å². The smallest absolute Gasteiger partial charge is 0.274 e. The summed E-state index contributed by atoms with van der Waals surface area (Å²) in [4.78, 5) is 18.3. The lowest BCUT2D eigenvalue weighted by Crippen LogP contribution is -2.46. The molecule has 7 nitrogen and oxygen atoms in total. The fourth-order valence-corrected chi connectivity index (χ4v) is 2.81. The van der Waals surface area contributed by atoms with E-state index in [-0.39, 0.29) is 11.5 Å². The number of piperidine rings is 1. The van der Waals surface area contributed by atoms with Crippen molar-refractivity contribution in [2.45, 2.75) is 32.3 Å². The summed E-state index contributed by atoms with van der Waals surface area (Å²) in [6, 6.07) is 3.48. The highest BCUT2D eigenvalue weighted by atomic mass is 16.5. The van der Waals surface area contributed by atoms with Gasteiger partial charge in [-0.15, -0.1) is 10.2 Å². The fourth-order valence-electron chi connectivity index (χ4n) is 2.81. The summed E-state index contributed by atoms with van der Waals surface area (Å²) in [6.45, 7) is 6.17. The van der Waals surface area contributed by atoms with E-state index in [0.717, 1.165) is 12.8 Å². The van der Waals surface area contributed by atoms with Gasteiger partial charge in [0.1, 0.15) is 6.33 Å². The highest BCUT2D eigenvalue weighted by Gasteiger charge is 2.32. The van der Waals surface area contributed by atoms with Gasteiger partial charge < -0.3 is 9.64 Å². The van der Waals surface area contributed by atoms with Gasteiger partial charge in [-0.3, -0.25) is 9.36 Å². The molecule has 0 aromatic carbocycles. The number of imidazole rings is 1. The molecule has 0 atom stereocenters. The van der Waals surface area contributed by atoms with Crippen molar-refractivity contribution in [2.75, 3.05) is 19.7 Å². The van der Waals surface area contributed by atoms with Gasteiger partial charge in [-0.2, -0.15) is 0 Å². The molecule has 2 aromatic heterocycles. The predicted molar refractivity (Wildman–Crippen MR) is 84.3 cm³/mol. The number of amides is 1. The van der Waals surface area contributed by atoms with Crippen molar-refractivity contribution in [3.05, 3.63) is 36.5 Å². The van der Waals surface area contributed by atoms with Crippen molar-refractivity contribution < 1.29 is 9.53 Å². The number of carbonyl (C=O) groups excluding carboxylic acids is 1. The second-order valence-electron chi connectivity index (χ2n) is 5.92. The Bertz CT molecular complexity index is 646. The Morgan fingerprint density at radius 3 is 2.65 bits per heavy atom. The van der Waals surface area contributed by atoms with Crippen LogP contribution in [0.15, 0.2) is 30.9 Å². The van der Waals surface area contributed by atoms with Crippen molar-refractivity contribution in [3.8, 4) is 5.82 Å². The van der Waals surface area contributed by atoms with Crippen LogP contribution >= 0.6 is 0 Å². The van der Waals surface area contributed by atoms with Crippen LogP contribution in [0.2, 0.25) is 0 Å². The molecule has 0 saturated carbocycles. The van der Waals surface area contributed by atoms with Gasteiger partial charge in [0.15, 0.2) is 11.5 Å². The van der Waals surface area contributed by atoms with Crippen molar-refractivity contribution in [2.24, 2.45) is 0 Å². The van der Waals surface area contributed by atoms with E-state index in [1.807, 2.05) is 11.8 Å². The summed E-state index contributed by atoms with van der Waals surface area (Å²) in [6.07, 6.45) is 6.78.